The normalized spacial score (nSPS) is 15.8. The molecule has 2 aromatic heterocycles. The molecule has 4 rings (SSSR count). The van der Waals surface area contributed by atoms with E-state index in [4.69, 9.17) is 0 Å². The van der Waals surface area contributed by atoms with Crippen molar-refractivity contribution in [1.29, 1.82) is 0 Å². The summed E-state index contributed by atoms with van der Waals surface area (Å²) in [5.41, 5.74) is 1.43. The van der Waals surface area contributed by atoms with E-state index in [1.807, 2.05) is 30.1 Å². The van der Waals surface area contributed by atoms with E-state index >= 15 is 0 Å². The van der Waals surface area contributed by atoms with Crippen LogP contribution in [0.2, 0.25) is 0 Å². The molecular formula is C19H23N5O2. The molecule has 2 N–H and O–H groups in total. The van der Waals surface area contributed by atoms with E-state index < -0.39 is 0 Å². The summed E-state index contributed by atoms with van der Waals surface area (Å²) in [5.74, 6) is 0.608. The van der Waals surface area contributed by atoms with Gasteiger partial charge in [-0.3, -0.25) is 9.59 Å². The Labute approximate surface area is 151 Å². The van der Waals surface area contributed by atoms with Crippen LogP contribution in [-0.4, -0.2) is 52.1 Å². The fraction of sp³-hybridized carbons (Fsp3) is 0.421. The maximum atomic E-state index is 13.0. The number of H-pyrrole nitrogens is 1. The van der Waals surface area contributed by atoms with E-state index in [0.29, 0.717) is 28.0 Å². The number of hydrogen-bond acceptors (Lipinski definition) is 4. The molecule has 26 heavy (non-hydrogen) atoms. The summed E-state index contributed by atoms with van der Waals surface area (Å²) in [5, 5.41) is 8.10. The number of likely N-dealkylation sites (tertiary alicyclic amines) is 1. The topological polar surface area (TPSA) is 82.5 Å². The zero-order chi connectivity index (χ0) is 18.1. The Hall–Kier alpha value is -2.67. The van der Waals surface area contributed by atoms with Crippen LogP contribution in [0, 0.1) is 5.92 Å². The van der Waals surface area contributed by atoms with Crippen LogP contribution < -0.4 is 10.9 Å². The molecule has 1 fully saturated rings. The van der Waals surface area contributed by atoms with Crippen molar-refractivity contribution in [3.63, 3.8) is 0 Å². The molecule has 1 saturated heterocycles. The summed E-state index contributed by atoms with van der Waals surface area (Å²) in [6.45, 7) is 2.52. The first kappa shape index (κ1) is 16.8. The summed E-state index contributed by atoms with van der Waals surface area (Å²) in [6.07, 6.45) is 4.75. The molecule has 1 aliphatic rings. The molecule has 7 nitrogen and oxygen atoms in total. The lowest BCUT2D eigenvalue weighted by molar-refractivity contribution is 0.0689. The van der Waals surface area contributed by atoms with E-state index in [1.54, 1.807) is 16.8 Å². The Morgan fingerprint density at radius 2 is 2.08 bits per heavy atom. The number of carbonyl (C=O) groups is 1. The van der Waals surface area contributed by atoms with Crippen LogP contribution in [-0.2, 0) is 0 Å². The van der Waals surface area contributed by atoms with Crippen molar-refractivity contribution < 1.29 is 4.79 Å². The van der Waals surface area contributed by atoms with Gasteiger partial charge in [0.05, 0.1) is 17.1 Å². The van der Waals surface area contributed by atoms with E-state index in [-0.39, 0.29) is 11.5 Å². The number of nitrogens with one attached hydrogen (secondary N) is 2. The monoisotopic (exact) mass is 353 g/mol. The zero-order valence-corrected chi connectivity index (χ0v) is 14.9. The molecule has 1 amide bonds. The van der Waals surface area contributed by atoms with Crippen molar-refractivity contribution in [3.8, 4) is 0 Å². The third-order valence-corrected chi connectivity index (χ3v) is 5.31. The molecular weight excluding hydrogens is 330 g/mol. The highest BCUT2D eigenvalue weighted by molar-refractivity contribution is 6.00. The number of benzene rings is 1. The molecule has 3 heterocycles. The lowest BCUT2D eigenvalue weighted by Crippen LogP contribution is -2.39. The molecule has 0 radical (unpaired) electrons. The van der Waals surface area contributed by atoms with E-state index in [0.717, 1.165) is 38.9 Å². The van der Waals surface area contributed by atoms with Gasteiger partial charge < -0.3 is 15.2 Å². The molecule has 0 atom stereocenters. The molecule has 7 heteroatoms. The second kappa shape index (κ2) is 6.92. The maximum Gasteiger partial charge on any atom is 0.259 e. The van der Waals surface area contributed by atoms with Crippen LogP contribution in [0.3, 0.4) is 0 Å². The van der Waals surface area contributed by atoms with Gasteiger partial charge in [0.2, 0.25) is 0 Å². The number of nitrogens with zero attached hydrogens (tertiary/aromatic N) is 3. The Balaban J connectivity index is 1.61. The zero-order valence-electron chi connectivity index (χ0n) is 14.9. The third-order valence-electron chi connectivity index (χ3n) is 5.31. The van der Waals surface area contributed by atoms with Gasteiger partial charge in [0, 0.05) is 13.1 Å². The second-order valence-corrected chi connectivity index (χ2v) is 6.92. The maximum absolute atomic E-state index is 13.0. The van der Waals surface area contributed by atoms with Gasteiger partial charge in [0.15, 0.2) is 0 Å². The Morgan fingerprint density at radius 3 is 2.85 bits per heavy atom. The van der Waals surface area contributed by atoms with E-state index in [1.165, 1.54) is 0 Å². The highest BCUT2D eigenvalue weighted by Crippen LogP contribution is 2.23. The molecule has 1 aromatic carbocycles. The van der Waals surface area contributed by atoms with Gasteiger partial charge in [-0.2, -0.15) is 5.10 Å². The lowest BCUT2D eigenvalue weighted by Gasteiger charge is -2.31. The smallest absolute Gasteiger partial charge is 0.259 e. The molecule has 3 aromatic rings. The standard InChI is InChI=1S/C19H23N5O2/c1-20-9-6-13-7-10-23(11-8-13)19(26)15-12-21-24-16-5-3-2-4-14(16)18(25)22-17(15)24/h2-5,12-13,20H,6-11H2,1H3,(H,22,25). The number of aromatic amines is 1. The van der Waals surface area contributed by atoms with Gasteiger partial charge >= 0.3 is 0 Å². The van der Waals surface area contributed by atoms with Crippen LogP contribution in [0.25, 0.3) is 16.6 Å². The average molecular weight is 353 g/mol. The van der Waals surface area contributed by atoms with Crippen molar-refractivity contribution in [3.05, 3.63) is 46.4 Å². The van der Waals surface area contributed by atoms with Gasteiger partial charge in [-0.05, 0) is 50.9 Å². The van der Waals surface area contributed by atoms with Crippen molar-refractivity contribution in [2.45, 2.75) is 19.3 Å². The largest absolute Gasteiger partial charge is 0.338 e. The Morgan fingerprint density at radius 1 is 1.31 bits per heavy atom. The Bertz CT molecular complexity index is 998. The van der Waals surface area contributed by atoms with Crippen LogP contribution in [0.15, 0.2) is 35.3 Å². The summed E-state index contributed by atoms with van der Waals surface area (Å²) < 4.78 is 1.64. The fourth-order valence-electron chi connectivity index (χ4n) is 3.78. The fourth-order valence-corrected chi connectivity index (χ4v) is 3.78. The minimum Gasteiger partial charge on any atom is -0.338 e. The first-order valence-corrected chi connectivity index (χ1v) is 9.11. The molecule has 1 aliphatic heterocycles. The molecule has 0 aliphatic carbocycles. The Kier molecular flexibility index (Phi) is 4.46. The minimum atomic E-state index is -0.201. The average Bonchev–Trinajstić information content (AvgIpc) is 3.10. The van der Waals surface area contributed by atoms with Gasteiger partial charge in [-0.25, -0.2) is 4.52 Å². The van der Waals surface area contributed by atoms with E-state index in [9.17, 15) is 9.59 Å². The first-order valence-electron chi connectivity index (χ1n) is 9.11. The van der Waals surface area contributed by atoms with Crippen molar-refractivity contribution >= 4 is 22.5 Å². The predicted octanol–water partition coefficient (Wildman–Crippen LogP) is 1.64. The number of piperidine rings is 1. The second-order valence-electron chi connectivity index (χ2n) is 6.92. The molecule has 136 valence electrons. The summed E-state index contributed by atoms with van der Waals surface area (Å²) >= 11 is 0. The van der Waals surface area contributed by atoms with Crippen LogP contribution in [0.4, 0.5) is 0 Å². The van der Waals surface area contributed by atoms with E-state index in [2.05, 4.69) is 15.4 Å². The predicted molar refractivity (Wildman–Crippen MR) is 100 cm³/mol. The van der Waals surface area contributed by atoms with Crippen LogP contribution in [0.5, 0.6) is 0 Å². The first-order chi connectivity index (χ1) is 12.7. The quantitative estimate of drug-likeness (QED) is 0.747. The number of fused-ring (bicyclic) bond motifs is 3. The summed E-state index contributed by atoms with van der Waals surface area (Å²) in [6, 6.07) is 7.27. The van der Waals surface area contributed by atoms with Crippen molar-refractivity contribution in [2.75, 3.05) is 26.7 Å². The molecule has 0 bridgehead atoms. The summed E-state index contributed by atoms with van der Waals surface area (Å²) in [4.78, 5) is 30.0. The van der Waals surface area contributed by atoms with Crippen LogP contribution >= 0.6 is 0 Å². The SMILES string of the molecule is CNCCC1CCN(C(=O)c2cnn3c2[nH]c(=O)c2ccccc23)CC1. The van der Waals surface area contributed by atoms with Gasteiger partial charge in [0.1, 0.15) is 11.2 Å². The van der Waals surface area contributed by atoms with Gasteiger partial charge in [-0.15, -0.1) is 0 Å². The number of carbonyl (C=O) groups excluding carboxylic acids is 1. The molecule has 0 unspecified atom stereocenters. The van der Waals surface area contributed by atoms with Crippen molar-refractivity contribution in [1.82, 2.24) is 24.8 Å². The molecule has 0 saturated carbocycles. The number of rotatable bonds is 4. The highest BCUT2D eigenvalue weighted by atomic mass is 16.2. The van der Waals surface area contributed by atoms with Crippen LogP contribution in [0.1, 0.15) is 29.6 Å². The molecule has 0 spiro atoms. The highest BCUT2D eigenvalue weighted by Gasteiger charge is 2.26. The third kappa shape index (κ3) is 2.88. The van der Waals surface area contributed by atoms with Gasteiger partial charge in [-0.1, -0.05) is 12.1 Å². The van der Waals surface area contributed by atoms with Crippen molar-refractivity contribution in [2.24, 2.45) is 5.92 Å². The lowest BCUT2D eigenvalue weighted by atomic mass is 9.93. The number of para-hydroxylation sites is 1. The minimum absolute atomic E-state index is 0.0574. The summed E-state index contributed by atoms with van der Waals surface area (Å²) in [7, 11) is 1.97. The number of aromatic nitrogens is 3. The van der Waals surface area contributed by atoms with Gasteiger partial charge in [0.25, 0.3) is 11.5 Å². The number of hydrogen-bond donors (Lipinski definition) is 2. The number of amides is 1.